The maximum Gasteiger partial charge on any atom is 0.253 e. The first-order chi connectivity index (χ1) is 11.0. The maximum absolute atomic E-state index is 12.7. The van der Waals surface area contributed by atoms with Crippen LogP contribution in [0.2, 0.25) is 0 Å². The van der Waals surface area contributed by atoms with Crippen LogP contribution in [0.25, 0.3) is 0 Å². The van der Waals surface area contributed by atoms with Gasteiger partial charge in [-0.1, -0.05) is 39.3 Å². The molecule has 0 unspecified atom stereocenters. The normalized spacial score (nSPS) is 15.7. The second kappa shape index (κ2) is 8.14. The lowest BCUT2D eigenvalue weighted by Crippen LogP contribution is -2.38. The van der Waals surface area contributed by atoms with Crippen molar-refractivity contribution in [3.63, 3.8) is 0 Å². The fourth-order valence-electron chi connectivity index (χ4n) is 2.99. The van der Waals surface area contributed by atoms with Crippen molar-refractivity contribution in [2.75, 3.05) is 26.2 Å². The van der Waals surface area contributed by atoms with Crippen molar-refractivity contribution in [2.45, 2.75) is 40.0 Å². The predicted octanol–water partition coefficient (Wildman–Crippen LogP) is 2.97. The molecule has 0 aromatic heterocycles. The molecule has 1 saturated heterocycles. The first-order valence-corrected chi connectivity index (χ1v) is 8.70. The maximum atomic E-state index is 12.7. The number of nitrogens with zero attached hydrogens (tertiary/aromatic N) is 2. The lowest BCUT2D eigenvalue weighted by atomic mass is 10.1. The van der Waals surface area contributed by atoms with Gasteiger partial charge in [-0.2, -0.15) is 0 Å². The Morgan fingerprint density at radius 3 is 2.22 bits per heavy atom. The fourth-order valence-corrected chi connectivity index (χ4v) is 2.99. The van der Waals surface area contributed by atoms with Gasteiger partial charge >= 0.3 is 0 Å². The summed E-state index contributed by atoms with van der Waals surface area (Å²) in [4.78, 5) is 28.5. The number of benzene rings is 1. The molecule has 0 aliphatic carbocycles. The van der Waals surface area contributed by atoms with Crippen molar-refractivity contribution in [3.8, 4) is 0 Å². The van der Waals surface area contributed by atoms with Gasteiger partial charge in [0.15, 0.2) is 0 Å². The average molecular weight is 316 g/mol. The number of rotatable bonds is 4. The Balaban J connectivity index is 1.98. The molecule has 23 heavy (non-hydrogen) atoms. The third-order valence-corrected chi connectivity index (χ3v) is 4.33. The van der Waals surface area contributed by atoms with Crippen LogP contribution in [0, 0.1) is 5.92 Å². The van der Waals surface area contributed by atoms with Crippen LogP contribution in [0.15, 0.2) is 24.3 Å². The first-order valence-electron chi connectivity index (χ1n) is 8.70. The molecular formula is C19H28N2O2. The van der Waals surface area contributed by atoms with E-state index >= 15 is 0 Å². The summed E-state index contributed by atoms with van der Waals surface area (Å²) in [5.41, 5.74) is 2.02. The van der Waals surface area contributed by atoms with Gasteiger partial charge in [0, 0.05) is 37.7 Å². The molecule has 0 atom stereocenters. The number of hydrogen-bond donors (Lipinski definition) is 0. The molecule has 4 heteroatoms. The lowest BCUT2D eigenvalue weighted by Gasteiger charge is -2.23. The van der Waals surface area contributed by atoms with E-state index in [2.05, 4.69) is 6.92 Å². The molecule has 1 aromatic carbocycles. The predicted molar refractivity (Wildman–Crippen MR) is 92.4 cm³/mol. The van der Waals surface area contributed by atoms with Crippen LogP contribution < -0.4 is 0 Å². The van der Waals surface area contributed by atoms with Crippen LogP contribution >= 0.6 is 0 Å². The summed E-state index contributed by atoms with van der Waals surface area (Å²) in [5, 5.41) is 0. The molecule has 0 spiro atoms. The number of amides is 2. The van der Waals surface area contributed by atoms with E-state index in [-0.39, 0.29) is 17.7 Å². The van der Waals surface area contributed by atoms with Gasteiger partial charge in [-0.3, -0.25) is 9.59 Å². The molecule has 2 amide bonds. The standard InChI is InChI=1S/C19H28N2O2/c1-4-6-16-7-9-17(10-8-16)19(23)21-12-5-11-20(13-14-21)18(22)15(2)3/h7-10,15H,4-6,11-14H2,1-3H3. The molecule has 1 aliphatic heterocycles. The highest BCUT2D eigenvalue weighted by Gasteiger charge is 2.23. The zero-order valence-electron chi connectivity index (χ0n) is 14.5. The second-order valence-corrected chi connectivity index (χ2v) is 6.57. The number of aryl methyl sites for hydroxylation is 1. The molecule has 0 bridgehead atoms. The molecule has 1 aromatic rings. The largest absolute Gasteiger partial charge is 0.341 e. The van der Waals surface area contributed by atoms with Crippen molar-refractivity contribution < 1.29 is 9.59 Å². The lowest BCUT2D eigenvalue weighted by molar-refractivity contribution is -0.134. The van der Waals surface area contributed by atoms with E-state index in [4.69, 9.17) is 0 Å². The van der Waals surface area contributed by atoms with Gasteiger partial charge in [-0.05, 0) is 30.5 Å². The molecule has 0 N–H and O–H groups in total. The minimum atomic E-state index is 0.0170. The minimum Gasteiger partial charge on any atom is -0.341 e. The van der Waals surface area contributed by atoms with Gasteiger partial charge < -0.3 is 9.80 Å². The van der Waals surface area contributed by atoms with Crippen LogP contribution in [0.5, 0.6) is 0 Å². The highest BCUT2D eigenvalue weighted by atomic mass is 16.2. The smallest absolute Gasteiger partial charge is 0.253 e. The Hall–Kier alpha value is -1.84. The van der Waals surface area contributed by atoms with E-state index in [1.807, 2.05) is 47.9 Å². The SMILES string of the molecule is CCCc1ccc(C(=O)N2CCCN(C(=O)C(C)C)CC2)cc1. The van der Waals surface area contributed by atoms with Crippen molar-refractivity contribution in [1.29, 1.82) is 0 Å². The zero-order valence-corrected chi connectivity index (χ0v) is 14.5. The van der Waals surface area contributed by atoms with Gasteiger partial charge in [0.2, 0.25) is 5.91 Å². The molecule has 4 nitrogen and oxygen atoms in total. The summed E-state index contributed by atoms with van der Waals surface area (Å²) in [7, 11) is 0. The van der Waals surface area contributed by atoms with E-state index < -0.39 is 0 Å². The van der Waals surface area contributed by atoms with E-state index in [9.17, 15) is 9.59 Å². The summed E-state index contributed by atoms with van der Waals surface area (Å²) in [5.74, 6) is 0.276. The summed E-state index contributed by atoms with van der Waals surface area (Å²) in [6.45, 7) is 8.72. The Morgan fingerprint density at radius 1 is 1.00 bits per heavy atom. The Bertz CT molecular complexity index is 537. The Morgan fingerprint density at radius 2 is 1.61 bits per heavy atom. The monoisotopic (exact) mass is 316 g/mol. The van der Waals surface area contributed by atoms with Crippen LogP contribution in [0.3, 0.4) is 0 Å². The van der Waals surface area contributed by atoms with Gasteiger partial charge in [-0.15, -0.1) is 0 Å². The molecule has 1 aliphatic rings. The third kappa shape index (κ3) is 4.57. The quantitative estimate of drug-likeness (QED) is 0.857. The first kappa shape index (κ1) is 17.5. The molecular weight excluding hydrogens is 288 g/mol. The highest BCUT2D eigenvalue weighted by Crippen LogP contribution is 2.13. The Kier molecular flexibility index (Phi) is 6.20. The van der Waals surface area contributed by atoms with Gasteiger partial charge in [0.1, 0.15) is 0 Å². The summed E-state index contributed by atoms with van der Waals surface area (Å²) < 4.78 is 0. The average Bonchev–Trinajstić information content (AvgIpc) is 2.80. The summed E-state index contributed by atoms with van der Waals surface area (Å²) >= 11 is 0. The molecule has 1 fully saturated rings. The van der Waals surface area contributed by atoms with E-state index in [0.29, 0.717) is 13.1 Å². The van der Waals surface area contributed by atoms with Crippen molar-refractivity contribution >= 4 is 11.8 Å². The van der Waals surface area contributed by atoms with Crippen LogP contribution in [0.4, 0.5) is 0 Å². The fraction of sp³-hybridized carbons (Fsp3) is 0.579. The highest BCUT2D eigenvalue weighted by molar-refractivity contribution is 5.94. The van der Waals surface area contributed by atoms with E-state index in [0.717, 1.165) is 37.9 Å². The van der Waals surface area contributed by atoms with Gasteiger partial charge in [0.05, 0.1) is 0 Å². The van der Waals surface area contributed by atoms with Crippen molar-refractivity contribution in [3.05, 3.63) is 35.4 Å². The van der Waals surface area contributed by atoms with Gasteiger partial charge in [0.25, 0.3) is 5.91 Å². The molecule has 126 valence electrons. The summed E-state index contributed by atoms with van der Waals surface area (Å²) in [6, 6.07) is 7.94. The van der Waals surface area contributed by atoms with Crippen LogP contribution in [-0.4, -0.2) is 47.8 Å². The molecule has 1 heterocycles. The number of hydrogen-bond acceptors (Lipinski definition) is 2. The van der Waals surface area contributed by atoms with Crippen LogP contribution in [-0.2, 0) is 11.2 Å². The number of carbonyl (C=O) groups is 2. The van der Waals surface area contributed by atoms with Crippen molar-refractivity contribution in [1.82, 2.24) is 9.80 Å². The topological polar surface area (TPSA) is 40.6 Å². The second-order valence-electron chi connectivity index (χ2n) is 6.57. The van der Waals surface area contributed by atoms with E-state index in [1.165, 1.54) is 5.56 Å². The zero-order chi connectivity index (χ0) is 16.8. The third-order valence-electron chi connectivity index (χ3n) is 4.33. The Labute approximate surface area is 139 Å². The van der Waals surface area contributed by atoms with E-state index in [1.54, 1.807) is 0 Å². The summed E-state index contributed by atoms with van der Waals surface area (Å²) in [6.07, 6.45) is 3.00. The van der Waals surface area contributed by atoms with Crippen LogP contribution in [0.1, 0.15) is 49.5 Å². The van der Waals surface area contributed by atoms with Crippen molar-refractivity contribution in [2.24, 2.45) is 5.92 Å². The molecule has 0 saturated carbocycles. The minimum absolute atomic E-state index is 0.0170. The molecule has 2 rings (SSSR count). The number of carbonyl (C=O) groups excluding carboxylic acids is 2. The van der Waals surface area contributed by atoms with Gasteiger partial charge in [-0.25, -0.2) is 0 Å². The molecule has 0 radical (unpaired) electrons.